The maximum Gasteiger partial charge on any atom is 0.263 e. The summed E-state index contributed by atoms with van der Waals surface area (Å²) < 4.78 is 5.39. The number of anilines is 2. The number of amides is 1. The van der Waals surface area contributed by atoms with Gasteiger partial charge in [-0.15, -0.1) is 16.8 Å². The summed E-state index contributed by atoms with van der Waals surface area (Å²) >= 11 is 0. The molecule has 2 aromatic rings. The van der Waals surface area contributed by atoms with Gasteiger partial charge in [-0.3, -0.25) is 4.79 Å². The molecule has 1 amide bonds. The topological polar surface area (TPSA) is 76.1 Å². The Hall–Kier alpha value is -2.89. The molecule has 6 nitrogen and oxygen atoms in total. The number of carbonyl (C=O) groups excluding carboxylic acids is 1. The van der Waals surface area contributed by atoms with Gasteiger partial charge in [-0.2, -0.15) is 0 Å². The van der Waals surface area contributed by atoms with E-state index < -0.39 is 0 Å². The number of benzene rings is 1. The molecule has 22 heavy (non-hydrogen) atoms. The summed E-state index contributed by atoms with van der Waals surface area (Å²) in [5, 5.41) is 13.5. The van der Waals surface area contributed by atoms with Crippen LogP contribution in [0.1, 0.15) is 5.56 Å². The van der Waals surface area contributed by atoms with E-state index in [1.165, 1.54) is 0 Å². The van der Waals surface area contributed by atoms with E-state index in [1.807, 2.05) is 31.2 Å². The Morgan fingerprint density at radius 3 is 2.50 bits per heavy atom. The van der Waals surface area contributed by atoms with Crippen molar-refractivity contribution in [2.24, 2.45) is 0 Å². The van der Waals surface area contributed by atoms with E-state index in [4.69, 9.17) is 4.74 Å². The lowest BCUT2D eigenvalue weighted by Gasteiger charge is -2.07. The van der Waals surface area contributed by atoms with Crippen LogP contribution in [0.4, 0.5) is 11.6 Å². The van der Waals surface area contributed by atoms with Crippen LogP contribution in [0.15, 0.2) is 49.1 Å². The number of aryl methyl sites for hydroxylation is 1. The summed E-state index contributed by atoms with van der Waals surface area (Å²) in [7, 11) is 0. The molecule has 0 saturated heterocycles. The van der Waals surface area contributed by atoms with Crippen LogP contribution in [-0.2, 0) is 4.79 Å². The van der Waals surface area contributed by atoms with Gasteiger partial charge in [0.25, 0.3) is 5.91 Å². The predicted octanol–water partition coefficient (Wildman–Crippen LogP) is 2.40. The van der Waals surface area contributed by atoms with Crippen LogP contribution in [-0.4, -0.2) is 29.3 Å². The first-order chi connectivity index (χ1) is 10.7. The summed E-state index contributed by atoms with van der Waals surface area (Å²) in [6.07, 6.45) is 1.72. The molecular formula is C16H18N4O2. The third-order valence-corrected chi connectivity index (χ3v) is 2.75. The quantitative estimate of drug-likeness (QED) is 0.768. The lowest BCUT2D eigenvalue weighted by atomic mass is 10.2. The van der Waals surface area contributed by atoms with Gasteiger partial charge in [0.1, 0.15) is 11.6 Å². The molecule has 0 atom stereocenters. The Morgan fingerprint density at radius 1 is 1.18 bits per heavy atom. The van der Waals surface area contributed by atoms with Gasteiger partial charge in [0.15, 0.2) is 12.4 Å². The normalized spacial score (nSPS) is 9.86. The lowest BCUT2D eigenvalue weighted by Crippen LogP contribution is -2.21. The molecule has 0 radical (unpaired) electrons. The fourth-order valence-electron chi connectivity index (χ4n) is 1.63. The number of nitrogens with one attached hydrogen (secondary N) is 2. The van der Waals surface area contributed by atoms with Gasteiger partial charge < -0.3 is 15.4 Å². The van der Waals surface area contributed by atoms with Gasteiger partial charge >= 0.3 is 0 Å². The molecule has 1 aromatic carbocycles. The van der Waals surface area contributed by atoms with Crippen molar-refractivity contribution in [3.63, 3.8) is 0 Å². The highest BCUT2D eigenvalue weighted by Gasteiger charge is 2.05. The molecule has 0 aliphatic rings. The molecule has 1 aromatic heterocycles. The minimum absolute atomic E-state index is 0.0821. The number of hydrogen-bond donors (Lipinski definition) is 2. The van der Waals surface area contributed by atoms with Crippen LogP contribution in [0.25, 0.3) is 0 Å². The Bertz CT molecular complexity index is 624. The summed E-state index contributed by atoms with van der Waals surface area (Å²) in [5.74, 6) is 1.35. The molecule has 0 unspecified atom stereocenters. The smallest absolute Gasteiger partial charge is 0.263 e. The molecule has 114 valence electrons. The maximum absolute atomic E-state index is 11.8. The largest absolute Gasteiger partial charge is 0.484 e. The molecule has 0 bridgehead atoms. The van der Waals surface area contributed by atoms with Gasteiger partial charge in [0.2, 0.25) is 0 Å². The van der Waals surface area contributed by atoms with E-state index in [2.05, 4.69) is 27.4 Å². The van der Waals surface area contributed by atoms with E-state index in [9.17, 15) is 4.79 Å². The second-order valence-electron chi connectivity index (χ2n) is 4.62. The minimum atomic E-state index is -0.290. The van der Waals surface area contributed by atoms with Crippen molar-refractivity contribution >= 4 is 17.5 Å². The van der Waals surface area contributed by atoms with E-state index >= 15 is 0 Å². The lowest BCUT2D eigenvalue weighted by molar-refractivity contribution is -0.118. The standard InChI is InChI=1S/C16H18N4O2/c1-3-10-17-14-8-9-15(20-19-14)18-16(21)11-22-13-6-4-12(2)5-7-13/h3-9H,1,10-11H2,2H3,(H,17,19)(H,18,20,21). The van der Waals surface area contributed by atoms with E-state index in [0.717, 1.165) is 5.56 Å². The fraction of sp³-hybridized carbons (Fsp3) is 0.188. The van der Waals surface area contributed by atoms with Crippen molar-refractivity contribution in [1.82, 2.24) is 10.2 Å². The minimum Gasteiger partial charge on any atom is -0.484 e. The zero-order valence-electron chi connectivity index (χ0n) is 12.4. The zero-order valence-corrected chi connectivity index (χ0v) is 12.4. The fourth-order valence-corrected chi connectivity index (χ4v) is 1.63. The van der Waals surface area contributed by atoms with Crippen molar-refractivity contribution in [3.8, 4) is 5.75 Å². The summed E-state index contributed by atoms with van der Waals surface area (Å²) in [6.45, 7) is 6.11. The van der Waals surface area contributed by atoms with Crippen LogP contribution >= 0.6 is 0 Å². The number of hydrogen-bond acceptors (Lipinski definition) is 5. The number of aromatic nitrogens is 2. The predicted molar refractivity (Wildman–Crippen MR) is 86.0 cm³/mol. The molecule has 1 heterocycles. The van der Waals surface area contributed by atoms with Crippen LogP contribution in [0, 0.1) is 6.92 Å². The van der Waals surface area contributed by atoms with Gasteiger partial charge in [-0.05, 0) is 31.2 Å². The van der Waals surface area contributed by atoms with Crippen molar-refractivity contribution in [1.29, 1.82) is 0 Å². The van der Waals surface area contributed by atoms with Gasteiger partial charge in [0, 0.05) is 6.54 Å². The van der Waals surface area contributed by atoms with Gasteiger partial charge in [-0.1, -0.05) is 23.8 Å². The first-order valence-electron chi connectivity index (χ1n) is 6.85. The van der Waals surface area contributed by atoms with Crippen molar-refractivity contribution < 1.29 is 9.53 Å². The van der Waals surface area contributed by atoms with Crippen LogP contribution in [0.5, 0.6) is 5.75 Å². The number of rotatable bonds is 7. The Kier molecular flexibility index (Phi) is 5.48. The highest BCUT2D eigenvalue weighted by atomic mass is 16.5. The van der Waals surface area contributed by atoms with Crippen molar-refractivity contribution in [3.05, 3.63) is 54.6 Å². The molecule has 0 aliphatic carbocycles. The molecular weight excluding hydrogens is 280 g/mol. The molecule has 6 heteroatoms. The summed E-state index contributed by atoms with van der Waals surface area (Å²) in [6, 6.07) is 10.9. The molecule has 2 N–H and O–H groups in total. The second kappa shape index (κ2) is 7.78. The van der Waals surface area contributed by atoms with Crippen molar-refractivity contribution in [2.75, 3.05) is 23.8 Å². The molecule has 0 spiro atoms. The Balaban J connectivity index is 1.81. The third-order valence-electron chi connectivity index (χ3n) is 2.75. The highest BCUT2D eigenvalue weighted by molar-refractivity contribution is 5.90. The van der Waals surface area contributed by atoms with E-state index in [0.29, 0.717) is 23.9 Å². The summed E-state index contributed by atoms with van der Waals surface area (Å²) in [4.78, 5) is 11.8. The average molecular weight is 298 g/mol. The highest BCUT2D eigenvalue weighted by Crippen LogP contribution is 2.11. The second-order valence-corrected chi connectivity index (χ2v) is 4.62. The SMILES string of the molecule is C=CCNc1ccc(NC(=O)COc2ccc(C)cc2)nn1. The average Bonchev–Trinajstić information content (AvgIpc) is 2.54. The van der Waals surface area contributed by atoms with Crippen LogP contribution in [0.2, 0.25) is 0 Å². The van der Waals surface area contributed by atoms with Crippen LogP contribution in [0.3, 0.4) is 0 Å². The molecule has 0 fully saturated rings. The zero-order chi connectivity index (χ0) is 15.8. The molecule has 0 aliphatic heterocycles. The number of ether oxygens (including phenoxy) is 1. The number of carbonyl (C=O) groups is 1. The monoisotopic (exact) mass is 298 g/mol. The van der Waals surface area contributed by atoms with Crippen LogP contribution < -0.4 is 15.4 Å². The van der Waals surface area contributed by atoms with E-state index in [-0.39, 0.29) is 12.5 Å². The van der Waals surface area contributed by atoms with Gasteiger partial charge in [-0.25, -0.2) is 0 Å². The maximum atomic E-state index is 11.8. The third kappa shape index (κ3) is 4.90. The van der Waals surface area contributed by atoms with Gasteiger partial charge in [0.05, 0.1) is 0 Å². The molecule has 2 rings (SSSR count). The first-order valence-corrected chi connectivity index (χ1v) is 6.85. The molecule has 0 saturated carbocycles. The Labute approximate surface area is 129 Å². The van der Waals surface area contributed by atoms with E-state index in [1.54, 1.807) is 18.2 Å². The van der Waals surface area contributed by atoms with Crippen molar-refractivity contribution in [2.45, 2.75) is 6.92 Å². The Morgan fingerprint density at radius 2 is 1.86 bits per heavy atom. The number of nitrogens with zero attached hydrogens (tertiary/aromatic N) is 2. The first kappa shape index (κ1) is 15.5. The summed E-state index contributed by atoms with van der Waals surface area (Å²) in [5.41, 5.74) is 1.14.